The van der Waals surface area contributed by atoms with E-state index in [2.05, 4.69) is 44.7 Å². The van der Waals surface area contributed by atoms with Gasteiger partial charge in [-0.25, -0.2) is 0 Å². The molecule has 0 bridgehead atoms. The topological polar surface area (TPSA) is 32.6 Å². The first-order chi connectivity index (χ1) is 10.4. The number of allylic oxidation sites excluding steroid dienone is 3. The summed E-state index contributed by atoms with van der Waals surface area (Å²) in [6.07, 6.45) is 15.1. The molecule has 122 valence electrons. The van der Waals surface area contributed by atoms with Crippen LogP contribution in [-0.4, -0.2) is 11.4 Å². The summed E-state index contributed by atoms with van der Waals surface area (Å²) in [5.74, 6) is 1.34. The molecule has 2 unspecified atom stereocenters. The summed E-state index contributed by atoms with van der Waals surface area (Å²) in [4.78, 5) is 0. The Hall–Kier alpha value is -1.05. The fraction of sp³-hybridized carbons (Fsp3) is 0.750. The SMILES string of the molecule is C=C[C@]1(C)CC=C2C(CCC3[C@@](C)(/C=N/O)CCC[C@]23C)C1. The quantitative estimate of drug-likeness (QED) is 0.307. The smallest absolute Gasteiger partial charge is 0.0498 e. The van der Waals surface area contributed by atoms with Crippen LogP contribution in [0.15, 0.2) is 29.5 Å². The van der Waals surface area contributed by atoms with Gasteiger partial charge in [-0.3, -0.25) is 0 Å². The van der Waals surface area contributed by atoms with Crippen LogP contribution in [0, 0.1) is 28.1 Å². The van der Waals surface area contributed by atoms with Crippen molar-refractivity contribution in [3.05, 3.63) is 24.3 Å². The fourth-order valence-corrected chi connectivity index (χ4v) is 5.95. The minimum atomic E-state index is 0.0484. The van der Waals surface area contributed by atoms with E-state index in [0.717, 1.165) is 18.8 Å². The third kappa shape index (κ3) is 2.26. The molecule has 0 amide bonds. The molecule has 0 aliphatic heterocycles. The number of nitrogens with zero attached hydrogens (tertiary/aromatic N) is 1. The van der Waals surface area contributed by atoms with E-state index in [-0.39, 0.29) is 10.8 Å². The van der Waals surface area contributed by atoms with Crippen molar-refractivity contribution < 1.29 is 5.21 Å². The van der Waals surface area contributed by atoms with Gasteiger partial charge in [0, 0.05) is 11.6 Å². The first kappa shape index (κ1) is 15.8. The maximum atomic E-state index is 9.13. The van der Waals surface area contributed by atoms with Gasteiger partial charge in [-0.05, 0) is 61.2 Å². The van der Waals surface area contributed by atoms with Gasteiger partial charge in [0.05, 0.1) is 0 Å². The molecule has 2 saturated carbocycles. The lowest BCUT2D eigenvalue weighted by Gasteiger charge is -2.58. The summed E-state index contributed by atoms with van der Waals surface area (Å²) < 4.78 is 0. The summed E-state index contributed by atoms with van der Waals surface area (Å²) >= 11 is 0. The second kappa shape index (κ2) is 5.25. The number of fused-ring (bicyclic) bond motifs is 3. The molecule has 0 aromatic heterocycles. The van der Waals surface area contributed by atoms with Gasteiger partial charge in [-0.15, -0.1) is 11.7 Å². The molecule has 0 spiro atoms. The van der Waals surface area contributed by atoms with E-state index < -0.39 is 0 Å². The zero-order chi connectivity index (χ0) is 16.0. The van der Waals surface area contributed by atoms with Gasteiger partial charge in [-0.2, -0.15) is 0 Å². The molecule has 22 heavy (non-hydrogen) atoms. The molecule has 0 heterocycles. The predicted molar refractivity (Wildman–Crippen MR) is 92.2 cm³/mol. The van der Waals surface area contributed by atoms with Crippen molar-refractivity contribution >= 4 is 6.21 Å². The zero-order valence-electron chi connectivity index (χ0n) is 14.4. The van der Waals surface area contributed by atoms with Crippen molar-refractivity contribution in [3.63, 3.8) is 0 Å². The molecule has 2 heteroatoms. The van der Waals surface area contributed by atoms with Gasteiger partial charge in [0.2, 0.25) is 0 Å². The van der Waals surface area contributed by atoms with E-state index in [1.807, 2.05) is 6.21 Å². The number of hydrogen-bond acceptors (Lipinski definition) is 2. The van der Waals surface area contributed by atoms with E-state index in [4.69, 9.17) is 5.21 Å². The Balaban J connectivity index is 1.97. The minimum Gasteiger partial charge on any atom is -0.411 e. The normalized spacial score (nSPS) is 48.4. The Labute approximate surface area is 135 Å². The van der Waals surface area contributed by atoms with Gasteiger partial charge in [0.1, 0.15) is 0 Å². The van der Waals surface area contributed by atoms with Gasteiger partial charge in [0.25, 0.3) is 0 Å². The van der Waals surface area contributed by atoms with Crippen LogP contribution in [0.5, 0.6) is 0 Å². The summed E-state index contributed by atoms with van der Waals surface area (Å²) in [6, 6.07) is 0. The number of rotatable bonds is 2. The van der Waals surface area contributed by atoms with Crippen LogP contribution in [0.2, 0.25) is 0 Å². The van der Waals surface area contributed by atoms with Crippen molar-refractivity contribution in [2.24, 2.45) is 33.2 Å². The molecular formula is C20H31NO. The Morgan fingerprint density at radius 1 is 1.27 bits per heavy atom. The molecule has 2 fully saturated rings. The lowest BCUT2D eigenvalue weighted by atomic mass is 9.46. The Kier molecular flexibility index (Phi) is 3.78. The van der Waals surface area contributed by atoms with Crippen LogP contribution in [0.25, 0.3) is 0 Å². The van der Waals surface area contributed by atoms with Gasteiger partial charge in [0.15, 0.2) is 0 Å². The molecular weight excluding hydrogens is 270 g/mol. The van der Waals surface area contributed by atoms with Crippen LogP contribution < -0.4 is 0 Å². The molecule has 3 rings (SSSR count). The maximum absolute atomic E-state index is 9.13. The monoisotopic (exact) mass is 301 g/mol. The average Bonchev–Trinajstić information content (AvgIpc) is 2.47. The zero-order valence-corrected chi connectivity index (χ0v) is 14.4. The van der Waals surface area contributed by atoms with Crippen molar-refractivity contribution in [2.75, 3.05) is 0 Å². The Bertz CT molecular complexity index is 522. The van der Waals surface area contributed by atoms with E-state index in [9.17, 15) is 0 Å². The maximum Gasteiger partial charge on any atom is 0.0498 e. The standard InChI is InChI=1S/C20H31NO/c1-5-18(2)12-9-16-15(13-18)7-8-17-19(3,14-21-22)10-6-11-20(16,17)4/h5,9,14-15,17,22H,1,6-8,10-13H2,2-4H3/b21-14+/t15?,17?,18-,19-,20-/m1/s1. The van der Waals surface area contributed by atoms with Crippen LogP contribution in [0.4, 0.5) is 0 Å². The van der Waals surface area contributed by atoms with E-state index in [0.29, 0.717) is 11.3 Å². The largest absolute Gasteiger partial charge is 0.411 e. The molecule has 0 radical (unpaired) electrons. The van der Waals surface area contributed by atoms with E-state index in [1.165, 1.54) is 32.1 Å². The van der Waals surface area contributed by atoms with Crippen LogP contribution in [-0.2, 0) is 0 Å². The third-order valence-corrected chi connectivity index (χ3v) is 7.23. The van der Waals surface area contributed by atoms with E-state index in [1.54, 1.807) is 5.57 Å². The first-order valence-electron chi connectivity index (χ1n) is 8.90. The van der Waals surface area contributed by atoms with Gasteiger partial charge < -0.3 is 5.21 Å². The molecule has 0 saturated heterocycles. The highest BCUT2D eigenvalue weighted by Gasteiger charge is 2.54. The first-order valence-corrected chi connectivity index (χ1v) is 8.90. The van der Waals surface area contributed by atoms with E-state index >= 15 is 0 Å². The number of hydrogen-bond donors (Lipinski definition) is 1. The molecule has 1 N–H and O–H groups in total. The van der Waals surface area contributed by atoms with Crippen molar-refractivity contribution in [2.45, 2.75) is 65.7 Å². The minimum absolute atomic E-state index is 0.0484. The highest BCUT2D eigenvalue weighted by atomic mass is 16.4. The fourth-order valence-electron chi connectivity index (χ4n) is 5.95. The lowest BCUT2D eigenvalue weighted by Crippen LogP contribution is -2.50. The molecule has 2 nitrogen and oxygen atoms in total. The highest BCUT2D eigenvalue weighted by molar-refractivity contribution is 5.66. The molecule has 5 atom stereocenters. The van der Waals surface area contributed by atoms with Crippen LogP contribution in [0.1, 0.15) is 65.7 Å². The average molecular weight is 301 g/mol. The summed E-state index contributed by atoms with van der Waals surface area (Å²) in [5, 5.41) is 12.6. The lowest BCUT2D eigenvalue weighted by molar-refractivity contribution is 0.0129. The van der Waals surface area contributed by atoms with Crippen molar-refractivity contribution in [1.82, 2.24) is 0 Å². The third-order valence-electron chi connectivity index (χ3n) is 7.23. The Morgan fingerprint density at radius 2 is 2.05 bits per heavy atom. The molecule has 0 aromatic rings. The van der Waals surface area contributed by atoms with Crippen molar-refractivity contribution in [3.8, 4) is 0 Å². The molecule has 3 aliphatic rings. The summed E-state index contributed by atoms with van der Waals surface area (Å²) in [7, 11) is 0. The molecule has 3 aliphatic carbocycles. The van der Waals surface area contributed by atoms with Crippen molar-refractivity contribution in [1.29, 1.82) is 0 Å². The summed E-state index contributed by atoms with van der Waals surface area (Å²) in [5.41, 5.74) is 2.33. The highest BCUT2D eigenvalue weighted by Crippen LogP contribution is 2.63. The van der Waals surface area contributed by atoms with Gasteiger partial charge >= 0.3 is 0 Å². The van der Waals surface area contributed by atoms with Gasteiger partial charge in [-0.1, -0.05) is 44.9 Å². The second-order valence-corrected chi connectivity index (χ2v) is 8.77. The van der Waals surface area contributed by atoms with Crippen LogP contribution >= 0.6 is 0 Å². The predicted octanol–water partition coefficient (Wildman–Crippen LogP) is 5.58. The Morgan fingerprint density at radius 3 is 2.73 bits per heavy atom. The van der Waals surface area contributed by atoms with Crippen LogP contribution in [0.3, 0.4) is 0 Å². The summed E-state index contributed by atoms with van der Waals surface area (Å²) in [6.45, 7) is 11.2. The molecule has 0 aromatic carbocycles. The second-order valence-electron chi connectivity index (χ2n) is 8.77. The number of oxime groups is 1.